The summed E-state index contributed by atoms with van der Waals surface area (Å²) in [6, 6.07) is 5.13. The van der Waals surface area contributed by atoms with Gasteiger partial charge in [-0.05, 0) is 19.9 Å². The summed E-state index contributed by atoms with van der Waals surface area (Å²) in [5.74, 6) is -0.0360. The van der Waals surface area contributed by atoms with E-state index in [1.54, 1.807) is 18.2 Å². The van der Waals surface area contributed by atoms with E-state index >= 15 is 0 Å². The third-order valence-corrected chi connectivity index (χ3v) is 3.16. The molecule has 0 unspecified atom stereocenters. The highest BCUT2D eigenvalue weighted by Crippen LogP contribution is 2.33. The maximum atomic E-state index is 10.0. The van der Waals surface area contributed by atoms with E-state index in [-0.39, 0.29) is 23.8 Å². The average Bonchev–Trinajstić information content (AvgIpc) is 2.42. The zero-order valence-electron chi connectivity index (χ0n) is 12.9. The maximum absolute atomic E-state index is 10.0. The van der Waals surface area contributed by atoms with Crippen molar-refractivity contribution in [2.75, 3.05) is 11.5 Å². The first-order valence-corrected chi connectivity index (χ1v) is 7.35. The van der Waals surface area contributed by atoms with Crippen LogP contribution in [0.2, 0.25) is 10.0 Å². The van der Waals surface area contributed by atoms with E-state index in [4.69, 9.17) is 34.7 Å². The summed E-state index contributed by atoms with van der Waals surface area (Å²) in [5, 5.41) is 8.24. The number of anilines is 2. The lowest BCUT2D eigenvalue weighted by Crippen LogP contribution is -2.06. The van der Waals surface area contributed by atoms with E-state index in [1.807, 2.05) is 13.8 Å². The van der Waals surface area contributed by atoms with Crippen LogP contribution in [0.25, 0.3) is 11.3 Å². The molecule has 0 spiro atoms. The summed E-state index contributed by atoms with van der Waals surface area (Å²) in [4.78, 5) is 13.8. The van der Waals surface area contributed by atoms with E-state index in [0.29, 0.717) is 21.3 Å². The van der Waals surface area contributed by atoms with Crippen molar-refractivity contribution in [3.8, 4) is 11.3 Å². The molecule has 0 atom stereocenters. The fourth-order valence-corrected chi connectivity index (χ4v) is 1.95. The molecule has 0 saturated heterocycles. The van der Waals surface area contributed by atoms with E-state index in [2.05, 4.69) is 19.9 Å². The molecule has 0 radical (unpaired) electrons. The molecular formula is C14H17Cl2N5O2. The van der Waals surface area contributed by atoms with Crippen LogP contribution < -0.4 is 11.5 Å². The molecule has 0 bridgehead atoms. The Labute approximate surface area is 144 Å². The quantitative estimate of drug-likeness (QED) is 0.793. The topological polar surface area (TPSA) is 117 Å². The van der Waals surface area contributed by atoms with Gasteiger partial charge in [-0.3, -0.25) is 4.79 Å². The summed E-state index contributed by atoms with van der Waals surface area (Å²) in [7, 11) is 0. The van der Waals surface area contributed by atoms with Crippen LogP contribution >= 0.6 is 23.2 Å². The third kappa shape index (κ3) is 5.88. The van der Waals surface area contributed by atoms with Gasteiger partial charge in [0.15, 0.2) is 5.82 Å². The van der Waals surface area contributed by atoms with Crippen molar-refractivity contribution in [2.45, 2.75) is 26.9 Å². The molecule has 9 heteroatoms. The van der Waals surface area contributed by atoms with E-state index < -0.39 is 0 Å². The summed E-state index contributed by atoms with van der Waals surface area (Å²) < 4.78 is 4.61. The number of aromatic nitrogens is 3. The van der Waals surface area contributed by atoms with Crippen LogP contribution in [0.5, 0.6) is 0 Å². The normalized spacial score (nSPS) is 10.0. The third-order valence-electron chi connectivity index (χ3n) is 2.34. The molecule has 0 saturated carbocycles. The summed E-state index contributed by atoms with van der Waals surface area (Å²) >= 11 is 11.9. The lowest BCUT2D eigenvalue weighted by Gasteiger charge is -2.06. The molecule has 1 aromatic heterocycles. The lowest BCUT2D eigenvalue weighted by molar-refractivity contribution is -0.144. The molecule has 4 N–H and O–H groups in total. The number of benzene rings is 1. The molecule has 124 valence electrons. The number of nitrogen functional groups attached to an aromatic ring is 2. The number of nitrogens with zero attached hydrogens (tertiary/aromatic N) is 3. The van der Waals surface area contributed by atoms with Crippen LogP contribution in [0.4, 0.5) is 11.8 Å². The molecule has 0 aliphatic rings. The number of hydrogen-bond acceptors (Lipinski definition) is 7. The fourth-order valence-electron chi connectivity index (χ4n) is 1.56. The highest BCUT2D eigenvalue weighted by Gasteiger charge is 2.12. The first-order valence-electron chi connectivity index (χ1n) is 6.59. The number of nitrogens with two attached hydrogens (primary N) is 2. The van der Waals surface area contributed by atoms with Crippen molar-refractivity contribution >= 4 is 40.9 Å². The number of carbonyl (C=O) groups excluding carboxylic acids is 1. The largest absolute Gasteiger partial charge is 0.463 e. The standard InChI is InChI=1S/C9H7Cl2N5.C5H10O2/c10-5-3-1-2-4(6(5)11)7-8(12)14-9(13)16-15-7;1-4(2)7-5(3)6/h1-3H,(H4,12,13,14,16);4H,1-3H3. The molecule has 0 aliphatic carbocycles. The fraction of sp³-hybridized carbons (Fsp3) is 0.286. The van der Waals surface area contributed by atoms with Gasteiger partial charge in [0.2, 0.25) is 5.95 Å². The molecule has 0 fully saturated rings. The van der Waals surface area contributed by atoms with Crippen molar-refractivity contribution in [3.63, 3.8) is 0 Å². The Hall–Kier alpha value is -2.12. The predicted octanol–water partition coefficient (Wildman–Crippen LogP) is 2.97. The molecule has 0 amide bonds. The van der Waals surface area contributed by atoms with Crippen LogP contribution in [-0.4, -0.2) is 27.3 Å². The molecule has 2 rings (SSSR count). The zero-order valence-corrected chi connectivity index (χ0v) is 14.4. The number of carbonyl (C=O) groups is 1. The Kier molecular flexibility index (Phi) is 6.99. The van der Waals surface area contributed by atoms with Crippen molar-refractivity contribution in [3.05, 3.63) is 28.2 Å². The second-order valence-electron chi connectivity index (χ2n) is 4.66. The Balaban J connectivity index is 0.000000322. The summed E-state index contributed by atoms with van der Waals surface area (Å²) in [6.07, 6.45) is 0.0255. The van der Waals surface area contributed by atoms with Crippen LogP contribution in [-0.2, 0) is 9.53 Å². The number of esters is 1. The Bertz CT molecular complexity index is 695. The Morgan fingerprint density at radius 1 is 1.22 bits per heavy atom. The second-order valence-corrected chi connectivity index (χ2v) is 5.45. The van der Waals surface area contributed by atoms with Crippen molar-refractivity contribution in [1.82, 2.24) is 15.2 Å². The molecule has 23 heavy (non-hydrogen) atoms. The number of hydrogen-bond donors (Lipinski definition) is 2. The van der Waals surface area contributed by atoms with Gasteiger partial charge in [-0.15, -0.1) is 10.2 Å². The number of ether oxygens (including phenoxy) is 1. The minimum atomic E-state index is -0.213. The molecular weight excluding hydrogens is 341 g/mol. The summed E-state index contributed by atoms with van der Waals surface area (Å²) in [6.45, 7) is 5.04. The molecule has 1 aromatic carbocycles. The summed E-state index contributed by atoms with van der Waals surface area (Å²) in [5.41, 5.74) is 12.0. The van der Waals surface area contributed by atoms with Gasteiger partial charge in [0.25, 0.3) is 0 Å². The van der Waals surface area contributed by atoms with Crippen LogP contribution in [0.1, 0.15) is 20.8 Å². The molecule has 2 aromatic rings. The van der Waals surface area contributed by atoms with Crippen LogP contribution in [0.3, 0.4) is 0 Å². The Morgan fingerprint density at radius 3 is 2.35 bits per heavy atom. The van der Waals surface area contributed by atoms with Crippen molar-refractivity contribution < 1.29 is 9.53 Å². The first kappa shape index (κ1) is 18.9. The van der Waals surface area contributed by atoms with Gasteiger partial charge in [0, 0.05) is 12.5 Å². The van der Waals surface area contributed by atoms with Gasteiger partial charge in [0.1, 0.15) is 5.69 Å². The van der Waals surface area contributed by atoms with Crippen LogP contribution in [0, 0.1) is 0 Å². The van der Waals surface area contributed by atoms with Crippen molar-refractivity contribution in [2.24, 2.45) is 0 Å². The van der Waals surface area contributed by atoms with E-state index in [1.165, 1.54) is 6.92 Å². The smallest absolute Gasteiger partial charge is 0.302 e. The number of rotatable bonds is 2. The predicted molar refractivity (Wildman–Crippen MR) is 91.0 cm³/mol. The van der Waals surface area contributed by atoms with Gasteiger partial charge < -0.3 is 16.2 Å². The Morgan fingerprint density at radius 2 is 1.87 bits per heavy atom. The highest BCUT2D eigenvalue weighted by atomic mass is 35.5. The first-order chi connectivity index (χ1) is 10.7. The van der Waals surface area contributed by atoms with Gasteiger partial charge in [-0.2, -0.15) is 4.98 Å². The second kappa shape index (κ2) is 8.50. The van der Waals surface area contributed by atoms with Gasteiger partial charge in [0.05, 0.1) is 16.1 Å². The minimum absolute atomic E-state index is 0.0133. The van der Waals surface area contributed by atoms with E-state index in [9.17, 15) is 4.79 Å². The zero-order chi connectivity index (χ0) is 17.6. The monoisotopic (exact) mass is 357 g/mol. The van der Waals surface area contributed by atoms with Gasteiger partial charge in [-0.25, -0.2) is 0 Å². The average molecular weight is 358 g/mol. The highest BCUT2D eigenvalue weighted by molar-refractivity contribution is 6.43. The minimum Gasteiger partial charge on any atom is -0.463 e. The molecule has 0 aliphatic heterocycles. The lowest BCUT2D eigenvalue weighted by atomic mass is 10.1. The SMILES string of the molecule is CC(=O)OC(C)C.Nc1nnc(-c2cccc(Cl)c2Cl)c(N)n1. The number of halogens is 2. The van der Waals surface area contributed by atoms with Crippen molar-refractivity contribution in [1.29, 1.82) is 0 Å². The molecule has 1 heterocycles. The maximum Gasteiger partial charge on any atom is 0.302 e. The van der Waals surface area contributed by atoms with Crippen LogP contribution in [0.15, 0.2) is 18.2 Å². The van der Waals surface area contributed by atoms with Gasteiger partial charge >= 0.3 is 5.97 Å². The van der Waals surface area contributed by atoms with Gasteiger partial charge in [-0.1, -0.05) is 35.3 Å². The van der Waals surface area contributed by atoms with E-state index in [0.717, 1.165) is 0 Å². The molecule has 7 nitrogen and oxygen atoms in total.